The molecule has 2 heteroatoms. The van der Waals surface area contributed by atoms with E-state index in [1.807, 2.05) is 6.92 Å². The van der Waals surface area contributed by atoms with Crippen LogP contribution in [0, 0.1) is 11.6 Å². The fraction of sp³-hybridized carbons (Fsp3) is 0.391. The molecule has 0 saturated heterocycles. The van der Waals surface area contributed by atoms with Crippen LogP contribution < -0.4 is 0 Å². The molecule has 0 N–H and O–H groups in total. The average Bonchev–Trinajstić information content (AvgIpc) is 2.59. The predicted molar refractivity (Wildman–Crippen MR) is 101 cm³/mol. The van der Waals surface area contributed by atoms with E-state index < -0.39 is 11.6 Å². The quantitative estimate of drug-likeness (QED) is 0.574. The molecule has 2 aromatic rings. The third-order valence-electron chi connectivity index (χ3n) is 5.19. The monoisotopic (exact) mass is 340 g/mol. The molecule has 132 valence electrons. The average molecular weight is 340 g/mol. The fourth-order valence-electron chi connectivity index (χ4n) is 3.87. The minimum atomic E-state index is -0.416. The SMILES string of the molecule is C/C=C/c1cc(F)c(C2CCc3cc(CCCC)ccc3C2)c(F)c1. The first kappa shape index (κ1) is 17.8. The molecular weight excluding hydrogens is 314 g/mol. The van der Waals surface area contributed by atoms with Crippen LogP contribution in [0.1, 0.15) is 66.8 Å². The molecule has 2 aromatic carbocycles. The smallest absolute Gasteiger partial charge is 0.130 e. The van der Waals surface area contributed by atoms with Gasteiger partial charge in [-0.3, -0.25) is 0 Å². The summed E-state index contributed by atoms with van der Waals surface area (Å²) >= 11 is 0. The molecule has 0 heterocycles. The zero-order valence-corrected chi connectivity index (χ0v) is 15.1. The van der Waals surface area contributed by atoms with Crippen molar-refractivity contribution in [3.8, 4) is 0 Å². The van der Waals surface area contributed by atoms with Gasteiger partial charge in [-0.1, -0.05) is 43.7 Å². The van der Waals surface area contributed by atoms with E-state index >= 15 is 0 Å². The number of halogens is 2. The van der Waals surface area contributed by atoms with Crippen LogP contribution in [0.25, 0.3) is 6.08 Å². The molecule has 0 spiro atoms. The lowest BCUT2D eigenvalue weighted by Gasteiger charge is -2.26. The van der Waals surface area contributed by atoms with Gasteiger partial charge in [0, 0.05) is 5.56 Å². The molecule has 0 bridgehead atoms. The van der Waals surface area contributed by atoms with Crippen LogP contribution in [0.2, 0.25) is 0 Å². The Morgan fingerprint density at radius 2 is 1.84 bits per heavy atom. The van der Waals surface area contributed by atoms with Crippen molar-refractivity contribution in [2.45, 2.75) is 58.3 Å². The highest BCUT2D eigenvalue weighted by Crippen LogP contribution is 2.36. The molecule has 1 aliphatic carbocycles. The van der Waals surface area contributed by atoms with Crippen molar-refractivity contribution in [2.24, 2.45) is 0 Å². The molecule has 0 nitrogen and oxygen atoms in total. The maximum Gasteiger partial charge on any atom is 0.130 e. The van der Waals surface area contributed by atoms with Gasteiger partial charge in [0.2, 0.25) is 0 Å². The van der Waals surface area contributed by atoms with Gasteiger partial charge < -0.3 is 0 Å². The Balaban J connectivity index is 1.83. The molecule has 0 saturated carbocycles. The number of hydrogen-bond donors (Lipinski definition) is 0. The Hall–Kier alpha value is -1.96. The van der Waals surface area contributed by atoms with Gasteiger partial charge in [-0.25, -0.2) is 8.78 Å². The van der Waals surface area contributed by atoms with E-state index in [0.717, 1.165) is 25.7 Å². The van der Waals surface area contributed by atoms with Crippen molar-refractivity contribution >= 4 is 6.08 Å². The van der Waals surface area contributed by atoms with Crippen LogP contribution in [0.4, 0.5) is 8.78 Å². The number of benzene rings is 2. The topological polar surface area (TPSA) is 0 Å². The summed E-state index contributed by atoms with van der Waals surface area (Å²) in [5, 5.41) is 0. The molecular formula is C23H26F2. The van der Waals surface area contributed by atoms with Gasteiger partial charge in [0.15, 0.2) is 0 Å². The first-order chi connectivity index (χ1) is 12.1. The van der Waals surface area contributed by atoms with Gasteiger partial charge >= 0.3 is 0 Å². The number of aryl methyl sites for hydroxylation is 2. The third-order valence-corrected chi connectivity index (χ3v) is 5.19. The normalized spacial score (nSPS) is 17.0. The molecule has 0 amide bonds. The summed E-state index contributed by atoms with van der Waals surface area (Å²) in [7, 11) is 0. The van der Waals surface area contributed by atoms with Crippen molar-refractivity contribution in [2.75, 3.05) is 0 Å². The first-order valence-electron chi connectivity index (χ1n) is 9.34. The highest BCUT2D eigenvalue weighted by molar-refractivity contribution is 5.51. The van der Waals surface area contributed by atoms with E-state index in [1.54, 1.807) is 12.2 Å². The lowest BCUT2D eigenvalue weighted by atomic mass is 9.79. The van der Waals surface area contributed by atoms with Gasteiger partial charge in [-0.2, -0.15) is 0 Å². The lowest BCUT2D eigenvalue weighted by molar-refractivity contribution is 0.491. The Morgan fingerprint density at radius 1 is 1.08 bits per heavy atom. The van der Waals surface area contributed by atoms with E-state index in [-0.39, 0.29) is 11.5 Å². The van der Waals surface area contributed by atoms with Crippen molar-refractivity contribution in [3.05, 3.63) is 75.9 Å². The van der Waals surface area contributed by atoms with Crippen molar-refractivity contribution < 1.29 is 8.78 Å². The van der Waals surface area contributed by atoms with Crippen LogP contribution in [0.15, 0.2) is 36.4 Å². The molecule has 1 aliphatic rings. The number of unbranched alkanes of at least 4 members (excludes halogenated alkanes) is 1. The standard InChI is InChI=1S/C23H26F2/c1-3-5-7-16-8-9-19-15-20(11-10-18(19)12-16)23-21(24)13-17(6-4-2)14-22(23)25/h4,6,8-9,12-14,20H,3,5,7,10-11,15H2,1-2H3/b6-4+. The van der Waals surface area contributed by atoms with E-state index in [9.17, 15) is 8.78 Å². The Bertz CT molecular complexity index is 751. The van der Waals surface area contributed by atoms with Crippen molar-refractivity contribution in [1.29, 1.82) is 0 Å². The van der Waals surface area contributed by atoms with Crippen molar-refractivity contribution in [1.82, 2.24) is 0 Å². The number of allylic oxidation sites excluding steroid dienone is 1. The van der Waals surface area contributed by atoms with Crippen molar-refractivity contribution in [3.63, 3.8) is 0 Å². The fourth-order valence-corrected chi connectivity index (χ4v) is 3.87. The molecule has 1 unspecified atom stereocenters. The Morgan fingerprint density at radius 3 is 2.52 bits per heavy atom. The van der Waals surface area contributed by atoms with Crippen LogP contribution in [0.3, 0.4) is 0 Å². The minimum Gasteiger partial charge on any atom is -0.207 e. The Labute approximate surface area is 149 Å². The summed E-state index contributed by atoms with van der Waals surface area (Å²) in [5.74, 6) is -0.907. The van der Waals surface area contributed by atoms with Crippen LogP contribution in [0.5, 0.6) is 0 Å². The third kappa shape index (κ3) is 4.00. The number of rotatable bonds is 5. The van der Waals surface area contributed by atoms with Crippen LogP contribution >= 0.6 is 0 Å². The second-order valence-corrected chi connectivity index (χ2v) is 7.04. The molecule has 0 radical (unpaired) electrons. The first-order valence-corrected chi connectivity index (χ1v) is 9.34. The summed E-state index contributed by atoms with van der Waals surface area (Å²) in [6.07, 6.45) is 9.46. The lowest BCUT2D eigenvalue weighted by Crippen LogP contribution is -2.16. The minimum absolute atomic E-state index is 0.0753. The molecule has 3 rings (SSSR count). The van der Waals surface area contributed by atoms with E-state index in [0.29, 0.717) is 5.56 Å². The summed E-state index contributed by atoms with van der Waals surface area (Å²) in [6.45, 7) is 4.05. The van der Waals surface area contributed by atoms with Gasteiger partial charge in [0.05, 0.1) is 0 Å². The highest BCUT2D eigenvalue weighted by atomic mass is 19.1. The van der Waals surface area contributed by atoms with Crippen LogP contribution in [-0.4, -0.2) is 0 Å². The predicted octanol–water partition coefficient (Wildman–Crippen LogP) is 6.61. The highest BCUT2D eigenvalue weighted by Gasteiger charge is 2.25. The summed E-state index contributed by atoms with van der Waals surface area (Å²) in [5.41, 5.74) is 4.82. The largest absolute Gasteiger partial charge is 0.207 e. The number of hydrogen-bond acceptors (Lipinski definition) is 0. The molecule has 25 heavy (non-hydrogen) atoms. The molecule has 0 aromatic heterocycles. The summed E-state index contributed by atoms with van der Waals surface area (Å²) < 4.78 is 29.0. The number of fused-ring (bicyclic) bond motifs is 1. The van der Waals surface area contributed by atoms with E-state index in [1.165, 1.54) is 41.7 Å². The maximum atomic E-state index is 14.5. The molecule has 0 fully saturated rings. The summed E-state index contributed by atoms with van der Waals surface area (Å²) in [6, 6.07) is 9.53. The van der Waals surface area contributed by atoms with Crippen LogP contribution in [-0.2, 0) is 19.3 Å². The molecule has 0 aliphatic heterocycles. The zero-order valence-electron chi connectivity index (χ0n) is 15.1. The van der Waals surface area contributed by atoms with Gasteiger partial charge in [-0.15, -0.1) is 0 Å². The zero-order chi connectivity index (χ0) is 17.8. The van der Waals surface area contributed by atoms with Gasteiger partial charge in [-0.05, 0) is 79.3 Å². The van der Waals surface area contributed by atoms with Gasteiger partial charge in [0.25, 0.3) is 0 Å². The molecule has 1 atom stereocenters. The maximum absolute atomic E-state index is 14.5. The van der Waals surface area contributed by atoms with E-state index in [4.69, 9.17) is 0 Å². The Kier molecular flexibility index (Phi) is 5.67. The summed E-state index contributed by atoms with van der Waals surface area (Å²) in [4.78, 5) is 0. The second-order valence-electron chi connectivity index (χ2n) is 7.04. The van der Waals surface area contributed by atoms with E-state index in [2.05, 4.69) is 25.1 Å². The second kappa shape index (κ2) is 7.95. The van der Waals surface area contributed by atoms with Gasteiger partial charge in [0.1, 0.15) is 11.6 Å².